The second-order valence-corrected chi connectivity index (χ2v) is 6.87. The van der Waals surface area contributed by atoms with E-state index in [9.17, 15) is 9.59 Å². The van der Waals surface area contributed by atoms with Crippen molar-refractivity contribution in [3.8, 4) is 11.1 Å². The zero-order valence-electron chi connectivity index (χ0n) is 16.7. The molecule has 1 N–H and O–H groups in total. The number of benzene rings is 2. The van der Waals surface area contributed by atoms with Gasteiger partial charge in [-0.25, -0.2) is 4.79 Å². The number of aromatic nitrogens is 1. The highest BCUT2D eigenvalue weighted by atomic mass is 16.6. The number of carbonyl (C=O) groups is 2. The summed E-state index contributed by atoms with van der Waals surface area (Å²) in [7, 11) is 3.39. The fraction of sp³-hybridized carbons (Fsp3) is 0.217. The maximum absolute atomic E-state index is 12.6. The number of H-pyrrole nitrogens is 1. The number of nitrogens with one attached hydrogen (secondary N) is 1. The molecule has 0 bridgehead atoms. The second kappa shape index (κ2) is 9.59. The number of nitrogens with zero attached hydrogens (tertiary/aromatic N) is 2. The number of carbonyl (C=O) groups excluding carboxylic acids is 2. The predicted molar refractivity (Wildman–Crippen MR) is 112 cm³/mol. The first-order valence-corrected chi connectivity index (χ1v) is 9.45. The maximum atomic E-state index is 12.6. The van der Waals surface area contributed by atoms with Crippen molar-refractivity contribution in [3.63, 3.8) is 0 Å². The average molecular weight is 391 g/mol. The van der Waals surface area contributed by atoms with E-state index in [0.717, 1.165) is 16.7 Å². The summed E-state index contributed by atoms with van der Waals surface area (Å²) in [6.07, 6.45) is 3.37. The van der Waals surface area contributed by atoms with Crippen LogP contribution in [-0.2, 0) is 11.3 Å². The van der Waals surface area contributed by atoms with Crippen molar-refractivity contribution in [1.82, 2.24) is 14.8 Å². The Morgan fingerprint density at radius 2 is 1.55 bits per heavy atom. The van der Waals surface area contributed by atoms with Gasteiger partial charge in [0.1, 0.15) is 6.61 Å². The molecule has 0 aliphatic carbocycles. The van der Waals surface area contributed by atoms with Crippen LogP contribution in [-0.4, -0.2) is 54.0 Å². The largest absolute Gasteiger partial charge is 0.445 e. The summed E-state index contributed by atoms with van der Waals surface area (Å²) in [5.74, 6) is -0.0864. The molecule has 2 aromatic carbocycles. The lowest BCUT2D eigenvalue weighted by molar-refractivity contribution is 0.0757. The molecule has 0 aliphatic rings. The minimum absolute atomic E-state index is 0.0864. The van der Waals surface area contributed by atoms with E-state index < -0.39 is 6.09 Å². The van der Waals surface area contributed by atoms with Gasteiger partial charge in [0.15, 0.2) is 0 Å². The Hall–Kier alpha value is -3.54. The maximum Gasteiger partial charge on any atom is 0.409 e. The molecule has 6 nitrogen and oxygen atoms in total. The highest BCUT2D eigenvalue weighted by Crippen LogP contribution is 2.19. The van der Waals surface area contributed by atoms with Gasteiger partial charge in [0.25, 0.3) is 5.91 Å². The minimum Gasteiger partial charge on any atom is -0.445 e. The van der Waals surface area contributed by atoms with Crippen LogP contribution < -0.4 is 0 Å². The molecular weight excluding hydrogens is 366 g/mol. The van der Waals surface area contributed by atoms with Crippen LogP contribution in [0.5, 0.6) is 0 Å². The van der Waals surface area contributed by atoms with E-state index in [1.807, 2.05) is 73.1 Å². The van der Waals surface area contributed by atoms with E-state index in [-0.39, 0.29) is 12.5 Å². The molecule has 29 heavy (non-hydrogen) atoms. The van der Waals surface area contributed by atoms with Crippen LogP contribution in [0.1, 0.15) is 15.9 Å². The quantitative estimate of drug-likeness (QED) is 0.661. The summed E-state index contributed by atoms with van der Waals surface area (Å²) in [6, 6.07) is 19.0. The van der Waals surface area contributed by atoms with Crippen molar-refractivity contribution in [1.29, 1.82) is 0 Å². The van der Waals surface area contributed by atoms with Crippen LogP contribution >= 0.6 is 0 Å². The Balaban J connectivity index is 1.47. The number of rotatable bonds is 7. The molecule has 0 radical (unpaired) electrons. The SMILES string of the molecule is CN(CCN(C)C(=O)c1ccc(-c2cc[nH]c2)cc1)C(=O)OCc1ccccc1. The highest BCUT2D eigenvalue weighted by molar-refractivity contribution is 5.94. The molecule has 0 saturated carbocycles. The minimum atomic E-state index is -0.412. The van der Waals surface area contributed by atoms with Gasteiger partial charge in [-0.05, 0) is 34.9 Å². The van der Waals surface area contributed by atoms with Crippen LogP contribution in [0, 0.1) is 0 Å². The fourth-order valence-electron chi connectivity index (χ4n) is 2.85. The number of aromatic amines is 1. The van der Waals surface area contributed by atoms with Gasteiger partial charge in [0, 0.05) is 45.1 Å². The van der Waals surface area contributed by atoms with Crippen molar-refractivity contribution in [2.24, 2.45) is 0 Å². The van der Waals surface area contributed by atoms with E-state index >= 15 is 0 Å². The van der Waals surface area contributed by atoms with E-state index in [1.165, 1.54) is 4.90 Å². The van der Waals surface area contributed by atoms with Crippen molar-refractivity contribution in [3.05, 3.63) is 84.2 Å². The lowest BCUT2D eigenvalue weighted by Gasteiger charge is -2.22. The summed E-state index contributed by atoms with van der Waals surface area (Å²) in [6.45, 7) is 1.03. The summed E-state index contributed by atoms with van der Waals surface area (Å²) in [5, 5.41) is 0. The molecule has 1 aromatic heterocycles. The molecule has 0 fully saturated rings. The van der Waals surface area contributed by atoms with Crippen molar-refractivity contribution >= 4 is 12.0 Å². The first-order valence-electron chi connectivity index (χ1n) is 9.45. The van der Waals surface area contributed by atoms with Gasteiger partial charge in [0.2, 0.25) is 0 Å². The number of likely N-dealkylation sites (N-methyl/N-ethyl adjacent to an activating group) is 2. The predicted octanol–water partition coefficient (Wildman–Crippen LogP) is 4.02. The molecule has 0 atom stereocenters. The van der Waals surface area contributed by atoms with Crippen LogP contribution in [0.3, 0.4) is 0 Å². The lowest BCUT2D eigenvalue weighted by atomic mass is 10.1. The summed E-state index contributed by atoms with van der Waals surface area (Å²) < 4.78 is 5.30. The molecule has 0 aliphatic heterocycles. The zero-order chi connectivity index (χ0) is 20.6. The van der Waals surface area contributed by atoms with Crippen LogP contribution in [0.25, 0.3) is 11.1 Å². The van der Waals surface area contributed by atoms with E-state index in [2.05, 4.69) is 4.98 Å². The van der Waals surface area contributed by atoms with E-state index in [0.29, 0.717) is 18.7 Å². The second-order valence-electron chi connectivity index (χ2n) is 6.87. The van der Waals surface area contributed by atoms with Gasteiger partial charge in [-0.1, -0.05) is 42.5 Å². The molecule has 2 amide bonds. The lowest BCUT2D eigenvalue weighted by Crippen LogP contribution is -2.37. The smallest absolute Gasteiger partial charge is 0.409 e. The van der Waals surface area contributed by atoms with Crippen molar-refractivity contribution < 1.29 is 14.3 Å². The summed E-state index contributed by atoms with van der Waals surface area (Å²) >= 11 is 0. The zero-order valence-corrected chi connectivity index (χ0v) is 16.7. The summed E-state index contributed by atoms with van der Waals surface area (Å²) in [4.78, 5) is 30.8. The Bertz CT molecular complexity index is 922. The molecule has 0 saturated heterocycles. The van der Waals surface area contributed by atoms with Crippen LogP contribution in [0.15, 0.2) is 73.1 Å². The van der Waals surface area contributed by atoms with Crippen molar-refractivity contribution in [2.75, 3.05) is 27.2 Å². The summed E-state index contributed by atoms with van der Waals surface area (Å²) in [5.41, 5.74) is 3.67. The molecule has 0 unspecified atom stereocenters. The number of hydrogen-bond donors (Lipinski definition) is 1. The van der Waals surface area contributed by atoms with Gasteiger partial charge < -0.3 is 19.5 Å². The highest BCUT2D eigenvalue weighted by Gasteiger charge is 2.15. The normalized spacial score (nSPS) is 10.4. The third kappa shape index (κ3) is 5.48. The number of amides is 2. The average Bonchev–Trinajstić information content (AvgIpc) is 3.31. The fourth-order valence-corrected chi connectivity index (χ4v) is 2.85. The van der Waals surface area contributed by atoms with Gasteiger partial charge in [-0.3, -0.25) is 4.79 Å². The Kier molecular flexibility index (Phi) is 6.68. The molecule has 3 rings (SSSR count). The monoisotopic (exact) mass is 391 g/mol. The van der Waals surface area contributed by atoms with Gasteiger partial charge in [-0.2, -0.15) is 0 Å². The Labute approximate surface area is 170 Å². The van der Waals surface area contributed by atoms with Gasteiger partial charge >= 0.3 is 6.09 Å². The molecule has 150 valence electrons. The standard InChI is InChI=1S/C23H25N3O3/c1-25(14-15-26(2)23(28)29-17-18-6-4-3-5-7-18)22(27)20-10-8-19(9-11-20)21-12-13-24-16-21/h3-13,16,24H,14-15,17H2,1-2H3. The molecular formula is C23H25N3O3. The van der Waals surface area contributed by atoms with Crippen LogP contribution in [0.2, 0.25) is 0 Å². The third-order valence-corrected chi connectivity index (χ3v) is 4.70. The van der Waals surface area contributed by atoms with Crippen molar-refractivity contribution in [2.45, 2.75) is 6.61 Å². The first kappa shape index (κ1) is 20.2. The third-order valence-electron chi connectivity index (χ3n) is 4.70. The number of hydrogen-bond acceptors (Lipinski definition) is 3. The van der Waals surface area contributed by atoms with Crippen LogP contribution in [0.4, 0.5) is 4.79 Å². The number of ether oxygens (including phenoxy) is 1. The Morgan fingerprint density at radius 1 is 0.862 bits per heavy atom. The first-order chi connectivity index (χ1) is 14.0. The van der Waals surface area contributed by atoms with Gasteiger partial charge in [-0.15, -0.1) is 0 Å². The van der Waals surface area contributed by atoms with E-state index in [4.69, 9.17) is 4.74 Å². The molecule has 6 heteroatoms. The molecule has 0 spiro atoms. The topological polar surface area (TPSA) is 65.6 Å². The molecule has 1 heterocycles. The molecule has 3 aromatic rings. The van der Waals surface area contributed by atoms with Gasteiger partial charge in [0.05, 0.1) is 0 Å². The van der Waals surface area contributed by atoms with E-state index in [1.54, 1.807) is 19.0 Å². The Morgan fingerprint density at radius 3 is 2.21 bits per heavy atom.